The minimum absolute atomic E-state index is 0.0600. The molecule has 1 aliphatic rings. The SMILES string of the molecule is CC(C)C[C@H](NC(=O)[C@@H](NC(=O)[C@H](CC(=O)O)NC(=O)[C@H](Cc1cnc[nH]1)NC(=O)[C@H](CS)NC(=O)[C@@H]1CCCN1)C(C)C)C(=O)N[C@@H](CO)C(=O)O. The fraction of sp³-hybridized carbons (Fsp3) is 0.656. The third-order valence-electron chi connectivity index (χ3n) is 8.20. The van der Waals surface area contributed by atoms with E-state index in [1.54, 1.807) is 27.7 Å². The monoisotopic (exact) mass is 769 g/mol. The topological polar surface area (TPSA) is 310 Å². The summed E-state index contributed by atoms with van der Waals surface area (Å²) in [5.41, 5.74) is 0.400. The fourth-order valence-corrected chi connectivity index (χ4v) is 5.60. The molecule has 0 radical (unpaired) electrons. The van der Waals surface area contributed by atoms with Crippen molar-refractivity contribution in [1.29, 1.82) is 0 Å². The zero-order valence-corrected chi connectivity index (χ0v) is 30.9. The van der Waals surface area contributed by atoms with Crippen molar-refractivity contribution < 1.29 is 53.7 Å². The van der Waals surface area contributed by atoms with Crippen molar-refractivity contribution in [2.24, 2.45) is 11.8 Å². The van der Waals surface area contributed by atoms with E-state index in [-0.39, 0.29) is 24.5 Å². The molecule has 7 atom stereocenters. The van der Waals surface area contributed by atoms with Gasteiger partial charge in [-0.15, -0.1) is 0 Å². The average Bonchev–Trinajstić information content (AvgIpc) is 3.81. The van der Waals surface area contributed by atoms with E-state index < -0.39 is 109 Å². The van der Waals surface area contributed by atoms with Crippen LogP contribution in [0.1, 0.15) is 59.1 Å². The van der Waals surface area contributed by atoms with Gasteiger partial charge in [-0.3, -0.25) is 33.6 Å². The predicted molar refractivity (Wildman–Crippen MR) is 190 cm³/mol. The Morgan fingerprint density at radius 2 is 1.40 bits per heavy atom. The second-order valence-corrected chi connectivity index (χ2v) is 13.8. The smallest absolute Gasteiger partial charge is 0.328 e. The summed E-state index contributed by atoms with van der Waals surface area (Å²) in [6, 6.07) is -9.04. The molecule has 6 amide bonds. The molecule has 1 aromatic heterocycles. The van der Waals surface area contributed by atoms with E-state index in [9.17, 15) is 53.7 Å². The Labute approximate surface area is 311 Å². The van der Waals surface area contributed by atoms with Crippen LogP contribution in [0.5, 0.6) is 0 Å². The molecule has 2 rings (SSSR count). The van der Waals surface area contributed by atoms with Gasteiger partial charge in [-0.1, -0.05) is 27.7 Å². The maximum Gasteiger partial charge on any atom is 0.328 e. The first-order chi connectivity index (χ1) is 25.0. The molecule has 0 saturated carbocycles. The first-order valence-corrected chi connectivity index (χ1v) is 17.8. The number of nitrogens with zero attached hydrogens (tertiary/aromatic N) is 1. The summed E-state index contributed by atoms with van der Waals surface area (Å²) >= 11 is 4.18. The van der Waals surface area contributed by atoms with Crippen LogP contribution in [0.2, 0.25) is 0 Å². The summed E-state index contributed by atoms with van der Waals surface area (Å²) in [6.45, 7) is 6.37. The van der Waals surface area contributed by atoms with Crippen molar-refractivity contribution in [1.82, 2.24) is 47.2 Å². The molecule has 0 unspecified atom stereocenters. The normalized spacial score (nSPS) is 17.4. The third kappa shape index (κ3) is 14.6. The zero-order chi connectivity index (χ0) is 39.8. The van der Waals surface area contributed by atoms with Gasteiger partial charge in [0.25, 0.3) is 0 Å². The van der Waals surface area contributed by atoms with Crippen molar-refractivity contribution >= 4 is 60.0 Å². The van der Waals surface area contributed by atoms with Crippen LogP contribution in [0, 0.1) is 11.8 Å². The van der Waals surface area contributed by atoms with E-state index in [1.807, 2.05) is 0 Å². The van der Waals surface area contributed by atoms with Gasteiger partial charge < -0.3 is 57.5 Å². The quantitative estimate of drug-likeness (QED) is 0.0518. The first-order valence-electron chi connectivity index (χ1n) is 17.2. The Bertz CT molecular complexity index is 1440. The first kappa shape index (κ1) is 44.4. The molecular weight excluding hydrogens is 718 g/mol. The number of aromatic nitrogens is 2. The van der Waals surface area contributed by atoms with Gasteiger partial charge in [-0.25, -0.2) is 9.78 Å². The minimum Gasteiger partial charge on any atom is -0.481 e. The number of carbonyl (C=O) groups is 8. The molecular formula is C32H51N9O11S. The van der Waals surface area contributed by atoms with Crippen molar-refractivity contribution in [3.05, 3.63) is 18.2 Å². The number of nitrogens with one attached hydrogen (secondary N) is 8. The number of carboxylic acid groups (broad SMARTS) is 2. The van der Waals surface area contributed by atoms with Crippen molar-refractivity contribution in [3.8, 4) is 0 Å². The summed E-state index contributed by atoms with van der Waals surface area (Å²) in [5.74, 6) is -8.85. The number of H-pyrrole nitrogens is 1. The summed E-state index contributed by atoms with van der Waals surface area (Å²) in [4.78, 5) is 109. The maximum absolute atomic E-state index is 13.6. The van der Waals surface area contributed by atoms with Crippen LogP contribution in [0.25, 0.3) is 0 Å². The number of aliphatic hydroxyl groups is 1. The average molecular weight is 770 g/mol. The highest BCUT2D eigenvalue weighted by atomic mass is 32.1. The highest BCUT2D eigenvalue weighted by Gasteiger charge is 2.35. The second-order valence-electron chi connectivity index (χ2n) is 13.4. The fourth-order valence-electron chi connectivity index (χ4n) is 5.34. The number of aliphatic hydroxyl groups excluding tert-OH is 1. The Balaban J connectivity index is 2.26. The number of imidazole rings is 1. The number of aromatic amines is 1. The second kappa shape index (κ2) is 21.7. The number of amides is 6. The van der Waals surface area contributed by atoms with E-state index in [0.717, 1.165) is 6.42 Å². The summed E-state index contributed by atoms with van der Waals surface area (Å²) in [5, 5.41) is 45.7. The van der Waals surface area contributed by atoms with Crippen LogP contribution in [-0.2, 0) is 44.8 Å². The van der Waals surface area contributed by atoms with Gasteiger partial charge in [-0.2, -0.15) is 12.6 Å². The van der Waals surface area contributed by atoms with E-state index in [2.05, 4.69) is 59.8 Å². The highest BCUT2D eigenvalue weighted by Crippen LogP contribution is 2.10. The Morgan fingerprint density at radius 3 is 1.91 bits per heavy atom. The predicted octanol–water partition coefficient (Wildman–Crippen LogP) is -3.20. The Morgan fingerprint density at radius 1 is 0.811 bits per heavy atom. The third-order valence-corrected chi connectivity index (χ3v) is 8.57. The molecule has 1 saturated heterocycles. The molecule has 21 heteroatoms. The lowest BCUT2D eigenvalue weighted by Crippen LogP contribution is -2.61. The van der Waals surface area contributed by atoms with Crippen LogP contribution >= 0.6 is 12.6 Å². The molecule has 1 fully saturated rings. The molecule has 2 heterocycles. The number of hydrogen-bond acceptors (Lipinski definition) is 12. The molecule has 0 spiro atoms. The van der Waals surface area contributed by atoms with Crippen LogP contribution in [0.4, 0.5) is 0 Å². The molecule has 296 valence electrons. The summed E-state index contributed by atoms with van der Waals surface area (Å²) in [6.07, 6.45) is 3.05. The molecule has 1 aliphatic heterocycles. The van der Waals surface area contributed by atoms with E-state index >= 15 is 0 Å². The van der Waals surface area contributed by atoms with Crippen molar-refractivity contribution in [2.75, 3.05) is 18.9 Å². The largest absolute Gasteiger partial charge is 0.481 e. The molecule has 0 aromatic carbocycles. The lowest BCUT2D eigenvalue weighted by Gasteiger charge is -2.28. The van der Waals surface area contributed by atoms with Crippen molar-refractivity contribution in [2.45, 2.75) is 102 Å². The Kier molecular flexibility index (Phi) is 18.2. The van der Waals surface area contributed by atoms with Gasteiger partial charge in [0.2, 0.25) is 35.4 Å². The number of carboxylic acids is 2. The number of carbonyl (C=O) groups excluding carboxylic acids is 6. The molecule has 53 heavy (non-hydrogen) atoms. The van der Waals surface area contributed by atoms with E-state index in [0.29, 0.717) is 18.7 Å². The van der Waals surface area contributed by atoms with Gasteiger partial charge in [-0.05, 0) is 37.6 Å². The minimum atomic E-state index is -1.75. The van der Waals surface area contributed by atoms with Crippen LogP contribution in [-0.4, -0.2) is 134 Å². The molecule has 11 N–H and O–H groups in total. The number of aliphatic carboxylic acids is 2. The molecule has 1 aromatic rings. The zero-order valence-electron chi connectivity index (χ0n) is 30.0. The van der Waals surface area contributed by atoms with Crippen LogP contribution in [0.15, 0.2) is 12.5 Å². The van der Waals surface area contributed by atoms with Gasteiger partial charge in [0.15, 0.2) is 0 Å². The lowest BCUT2D eigenvalue weighted by atomic mass is 9.99. The van der Waals surface area contributed by atoms with Gasteiger partial charge in [0.05, 0.1) is 25.4 Å². The molecule has 20 nitrogen and oxygen atoms in total. The van der Waals surface area contributed by atoms with Gasteiger partial charge >= 0.3 is 11.9 Å². The highest BCUT2D eigenvalue weighted by molar-refractivity contribution is 7.80. The summed E-state index contributed by atoms with van der Waals surface area (Å²) in [7, 11) is 0. The van der Waals surface area contributed by atoms with Gasteiger partial charge in [0, 0.05) is 24.1 Å². The van der Waals surface area contributed by atoms with Gasteiger partial charge in [0.1, 0.15) is 36.3 Å². The maximum atomic E-state index is 13.6. The standard InChI is InChI=1S/C32H51N9O11S/c1-15(2)8-19(27(46)39-22(12-42)32(51)52)38-31(50)25(16(3)4)41-29(48)21(10-24(43)44)37-28(47)20(9-17-11-33-14-35-17)36-30(49)23(13-53)40-26(45)18-6-5-7-34-18/h11,14-16,18-23,25,34,42,53H,5-10,12-13H2,1-4H3,(H,33,35)(H,36,49)(H,37,47)(H,38,50)(H,39,46)(H,40,45)(H,41,48)(H,43,44)(H,51,52)/t18-,19-,20-,21-,22-,23-,25-/m0/s1. The lowest BCUT2D eigenvalue weighted by molar-refractivity contribution is -0.143. The van der Waals surface area contributed by atoms with E-state index in [1.165, 1.54) is 12.5 Å². The van der Waals surface area contributed by atoms with E-state index in [4.69, 9.17) is 0 Å². The number of rotatable bonds is 22. The molecule has 0 aliphatic carbocycles. The Hall–Kier alpha value is -4.76. The van der Waals surface area contributed by atoms with Crippen LogP contribution < -0.4 is 37.2 Å². The summed E-state index contributed by atoms with van der Waals surface area (Å²) < 4.78 is 0. The molecule has 0 bridgehead atoms. The van der Waals surface area contributed by atoms with Crippen molar-refractivity contribution in [3.63, 3.8) is 0 Å². The number of hydrogen-bond donors (Lipinski definition) is 12. The van der Waals surface area contributed by atoms with Crippen LogP contribution in [0.3, 0.4) is 0 Å². The number of thiol groups is 1.